The van der Waals surface area contributed by atoms with Gasteiger partial charge in [0.1, 0.15) is 23.1 Å². The molecule has 4 aromatic carbocycles. The summed E-state index contributed by atoms with van der Waals surface area (Å²) in [6.45, 7) is 1.71. The molecule has 55 heavy (non-hydrogen) atoms. The fourth-order valence-corrected chi connectivity index (χ4v) is 9.68. The Bertz CT molecular complexity index is 2360. The number of nitrogens with zero attached hydrogens (tertiary/aromatic N) is 2. The lowest BCUT2D eigenvalue weighted by atomic mass is 9.51. The highest BCUT2D eigenvalue weighted by molar-refractivity contribution is 9.10. The Morgan fingerprint density at radius 3 is 2.31 bits per heavy atom. The van der Waals surface area contributed by atoms with E-state index in [0.717, 1.165) is 27.7 Å². The van der Waals surface area contributed by atoms with Crippen LogP contribution in [0.1, 0.15) is 42.4 Å². The number of hydrogen-bond acceptors (Lipinski definition) is 7. The van der Waals surface area contributed by atoms with Gasteiger partial charge in [0.25, 0.3) is 0 Å². The van der Waals surface area contributed by atoms with Crippen LogP contribution in [0.3, 0.4) is 0 Å². The van der Waals surface area contributed by atoms with E-state index in [9.17, 15) is 28.7 Å². The molecule has 0 spiro atoms. The topological polar surface area (TPSA) is 113 Å². The molecule has 3 fully saturated rings. The zero-order valence-electron chi connectivity index (χ0n) is 30.0. The van der Waals surface area contributed by atoms with Gasteiger partial charge in [-0.3, -0.25) is 24.1 Å². The predicted molar refractivity (Wildman–Crippen MR) is 209 cm³/mol. The van der Waals surface area contributed by atoms with Crippen molar-refractivity contribution in [1.82, 2.24) is 0 Å². The second-order valence-electron chi connectivity index (χ2n) is 14.5. The van der Waals surface area contributed by atoms with Gasteiger partial charge in [-0.1, -0.05) is 63.5 Å². The Morgan fingerprint density at radius 2 is 1.60 bits per heavy atom. The zero-order chi connectivity index (χ0) is 38.9. The molecule has 4 aliphatic rings. The third-order valence-corrected chi connectivity index (χ3v) is 12.6. The van der Waals surface area contributed by atoms with Gasteiger partial charge >= 0.3 is 0 Å². The van der Waals surface area contributed by atoms with Crippen molar-refractivity contribution in [3.05, 3.63) is 123 Å². The third kappa shape index (κ3) is 5.78. The fourth-order valence-electron chi connectivity index (χ4n) is 9.13. The number of allylic oxidation sites excluding steroid dienone is 2. The van der Waals surface area contributed by atoms with Crippen molar-refractivity contribution in [1.29, 1.82) is 0 Å². The first-order valence-corrected chi connectivity index (χ1v) is 18.9. The number of rotatable bonds is 7. The van der Waals surface area contributed by atoms with E-state index < -0.39 is 52.6 Å². The lowest BCUT2D eigenvalue weighted by Gasteiger charge is -2.49. The molecule has 0 bridgehead atoms. The van der Waals surface area contributed by atoms with E-state index in [-0.39, 0.29) is 41.1 Å². The minimum atomic E-state index is -1.39. The highest BCUT2D eigenvalue weighted by Gasteiger charge is 2.68. The number of carbonyl (C=O) groups excluding carboxylic acids is 4. The lowest BCUT2D eigenvalue weighted by molar-refractivity contribution is -0.131. The normalized spacial score (nSPS) is 25.9. The molecule has 12 heteroatoms. The van der Waals surface area contributed by atoms with E-state index in [1.54, 1.807) is 45.4 Å². The smallest absolute Gasteiger partial charge is 0.241 e. The molecule has 0 radical (unpaired) electrons. The Kier molecular flexibility index (Phi) is 9.20. The number of imide groups is 2. The number of amides is 4. The van der Waals surface area contributed by atoms with E-state index in [0.29, 0.717) is 27.2 Å². The maximum absolute atomic E-state index is 14.6. The molecule has 2 aliphatic heterocycles. The molecule has 6 atom stereocenters. The molecule has 1 saturated carbocycles. The number of carbonyl (C=O) groups is 4. The van der Waals surface area contributed by atoms with Crippen LogP contribution in [0.5, 0.6) is 17.2 Å². The van der Waals surface area contributed by atoms with Crippen molar-refractivity contribution in [3.63, 3.8) is 0 Å². The van der Waals surface area contributed by atoms with E-state index >= 15 is 0 Å². The highest BCUT2D eigenvalue weighted by Crippen LogP contribution is 2.64. The van der Waals surface area contributed by atoms with Crippen LogP contribution < -0.4 is 19.3 Å². The van der Waals surface area contributed by atoms with E-state index in [1.165, 1.54) is 23.1 Å². The summed E-state index contributed by atoms with van der Waals surface area (Å²) in [7, 11) is 3.18. The molecular formula is C43H35BrClFN2O7. The van der Waals surface area contributed by atoms with E-state index in [4.69, 9.17) is 21.1 Å². The number of anilines is 2. The van der Waals surface area contributed by atoms with Gasteiger partial charge in [-0.2, -0.15) is 0 Å². The Morgan fingerprint density at radius 1 is 0.855 bits per heavy atom. The maximum Gasteiger partial charge on any atom is 0.241 e. The van der Waals surface area contributed by atoms with Crippen LogP contribution in [0.4, 0.5) is 15.8 Å². The number of phenolic OH excluding ortho intramolecular Hbond substituents is 1. The molecule has 2 heterocycles. The molecule has 2 aliphatic carbocycles. The number of ether oxygens (including phenoxy) is 2. The second-order valence-corrected chi connectivity index (χ2v) is 15.8. The summed E-state index contributed by atoms with van der Waals surface area (Å²) in [4.78, 5) is 60.0. The molecule has 9 nitrogen and oxygen atoms in total. The first-order chi connectivity index (χ1) is 26.4. The van der Waals surface area contributed by atoms with Gasteiger partial charge in [0.2, 0.25) is 23.6 Å². The van der Waals surface area contributed by atoms with Gasteiger partial charge < -0.3 is 14.6 Å². The van der Waals surface area contributed by atoms with Gasteiger partial charge in [-0.25, -0.2) is 9.29 Å². The Hall–Kier alpha value is -5.26. The summed E-state index contributed by atoms with van der Waals surface area (Å²) >= 11 is 9.61. The van der Waals surface area contributed by atoms with Crippen molar-refractivity contribution >= 4 is 74.7 Å². The summed E-state index contributed by atoms with van der Waals surface area (Å²) in [6.07, 6.45) is 6.07. The Labute approximate surface area is 330 Å². The number of methoxy groups -OCH3 is 2. The van der Waals surface area contributed by atoms with Crippen LogP contribution in [0.2, 0.25) is 5.02 Å². The Balaban J connectivity index is 1.14. The van der Waals surface area contributed by atoms with Crippen LogP contribution in [0.25, 0.3) is 12.2 Å². The van der Waals surface area contributed by atoms with E-state index in [2.05, 4.69) is 15.9 Å². The van der Waals surface area contributed by atoms with Crippen LogP contribution in [-0.4, -0.2) is 43.0 Å². The molecule has 0 unspecified atom stereocenters. The number of halogens is 3. The van der Waals surface area contributed by atoms with Gasteiger partial charge in [0.05, 0.1) is 53.8 Å². The first-order valence-electron chi connectivity index (χ1n) is 17.8. The monoisotopic (exact) mass is 824 g/mol. The number of fused-ring (bicyclic) bond motifs is 4. The zero-order valence-corrected chi connectivity index (χ0v) is 32.3. The third-order valence-electron chi connectivity index (χ3n) is 11.8. The molecule has 2 saturated heterocycles. The van der Waals surface area contributed by atoms with Crippen molar-refractivity contribution in [2.75, 3.05) is 24.0 Å². The van der Waals surface area contributed by atoms with Crippen LogP contribution in [0.15, 0.2) is 95.0 Å². The maximum atomic E-state index is 14.6. The molecule has 280 valence electrons. The molecule has 8 rings (SSSR count). The SMILES string of the molecule is COc1ccc(OC)c(C=Cc2ccc(N3C(=O)[C@H]4[C@H](CC=C5[C@H]4C[C@H]4C(=O)N(c6ccc(F)c(Cl)c6)C(=O)[C@@]4(C)[C@H]5c4cc(Br)ccc4O)C3=O)cc2)c1. The number of hydrogen-bond donors (Lipinski definition) is 1. The summed E-state index contributed by atoms with van der Waals surface area (Å²) in [5.74, 6) is -4.98. The standard InChI is InChI=1S/C43H35BrClFN2O7/c1-43-32(40(51)48(42(43)53)26-11-15-34(46)33(45)20-26)21-30-28(38(43)31-19-24(44)8-16-35(31)49)13-14-29-37(30)41(52)47(39(29)50)25-9-5-22(6-10-25)4-7-23-18-27(54-2)12-17-36(23)55-3/h4-13,15-20,29-30,32,37-38,49H,14,21H2,1-3H3/t29-,30+,32-,37-,38+,43+/m0/s1. The second kappa shape index (κ2) is 13.8. The van der Waals surface area contributed by atoms with Gasteiger partial charge in [-0.15, -0.1) is 0 Å². The first kappa shape index (κ1) is 36.7. The van der Waals surface area contributed by atoms with Gasteiger partial charge in [0, 0.05) is 21.5 Å². The summed E-state index contributed by atoms with van der Waals surface area (Å²) in [5.41, 5.74) is 1.94. The average molecular weight is 826 g/mol. The van der Waals surface area contributed by atoms with E-state index in [1.807, 2.05) is 48.6 Å². The van der Waals surface area contributed by atoms with Crippen molar-refractivity contribution in [3.8, 4) is 17.2 Å². The quantitative estimate of drug-likeness (QED) is 0.113. The number of benzene rings is 4. The van der Waals surface area contributed by atoms with Crippen LogP contribution >= 0.6 is 27.5 Å². The largest absolute Gasteiger partial charge is 0.508 e. The predicted octanol–water partition coefficient (Wildman–Crippen LogP) is 8.57. The van der Waals surface area contributed by atoms with Crippen LogP contribution in [0, 0.1) is 34.9 Å². The number of phenols is 1. The summed E-state index contributed by atoms with van der Waals surface area (Å²) < 4.78 is 25.7. The molecule has 0 aromatic heterocycles. The van der Waals surface area contributed by atoms with Gasteiger partial charge in [-0.05, 0) is 98.0 Å². The number of aromatic hydroxyl groups is 1. The van der Waals surface area contributed by atoms with Crippen molar-refractivity contribution in [2.45, 2.75) is 25.7 Å². The van der Waals surface area contributed by atoms with Crippen molar-refractivity contribution in [2.24, 2.45) is 29.1 Å². The molecule has 4 amide bonds. The minimum absolute atomic E-state index is 0.0742. The average Bonchev–Trinajstić information content (AvgIpc) is 3.55. The highest BCUT2D eigenvalue weighted by atomic mass is 79.9. The molecule has 1 N–H and O–H groups in total. The lowest BCUT2D eigenvalue weighted by Crippen LogP contribution is -2.48. The fraction of sp³-hybridized carbons (Fsp3) is 0.256. The van der Waals surface area contributed by atoms with Crippen LogP contribution in [-0.2, 0) is 19.2 Å². The molecule has 4 aromatic rings. The van der Waals surface area contributed by atoms with Crippen molar-refractivity contribution < 1.29 is 38.1 Å². The molecular weight excluding hydrogens is 791 g/mol. The minimum Gasteiger partial charge on any atom is -0.508 e. The van der Waals surface area contributed by atoms with Gasteiger partial charge in [0.15, 0.2) is 0 Å². The summed E-state index contributed by atoms with van der Waals surface area (Å²) in [5, 5.41) is 11.1. The summed E-state index contributed by atoms with van der Waals surface area (Å²) in [6, 6.07) is 21.2.